The highest BCUT2D eigenvalue weighted by atomic mass is 35.5. The second kappa shape index (κ2) is 12.1. The monoisotopic (exact) mass is 579 g/mol. The van der Waals surface area contributed by atoms with Crippen LogP contribution in [0.15, 0.2) is 47.5 Å². The summed E-state index contributed by atoms with van der Waals surface area (Å²) in [5.41, 5.74) is 1.43. The van der Waals surface area contributed by atoms with Crippen LogP contribution in [-0.4, -0.2) is 48.7 Å². The van der Waals surface area contributed by atoms with E-state index in [0.717, 1.165) is 44.1 Å². The third-order valence-electron chi connectivity index (χ3n) is 8.38. The molecule has 1 aliphatic heterocycles. The van der Waals surface area contributed by atoms with Gasteiger partial charge in [-0.15, -0.1) is 10.2 Å². The van der Waals surface area contributed by atoms with Crippen molar-refractivity contribution in [2.24, 2.45) is 16.8 Å². The summed E-state index contributed by atoms with van der Waals surface area (Å²) >= 11 is 5.94. The number of rotatable bonds is 9. The predicted molar refractivity (Wildman–Crippen MR) is 154 cm³/mol. The molecule has 2 N–H and O–H groups in total. The van der Waals surface area contributed by atoms with Crippen molar-refractivity contribution in [2.45, 2.75) is 77.5 Å². The van der Waals surface area contributed by atoms with Gasteiger partial charge in [-0.25, -0.2) is 4.39 Å². The van der Waals surface area contributed by atoms with Crippen LogP contribution in [0, 0.1) is 17.7 Å². The predicted octanol–water partition coefficient (Wildman–Crippen LogP) is 5.64. The highest BCUT2D eigenvalue weighted by molar-refractivity contribution is 6.47. The molecule has 3 aromatic rings. The summed E-state index contributed by atoms with van der Waals surface area (Å²) in [6, 6.07) is 11.5. The van der Waals surface area contributed by atoms with Crippen molar-refractivity contribution < 1.29 is 14.0 Å². The Labute approximate surface area is 244 Å². The molecule has 2 aromatic carbocycles. The number of aromatic nitrogens is 4. The molecule has 216 valence electrons. The van der Waals surface area contributed by atoms with Crippen LogP contribution in [0.5, 0.6) is 0 Å². The molecule has 41 heavy (non-hydrogen) atoms. The molecule has 2 amide bonds. The molecule has 0 unspecified atom stereocenters. The molecule has 1 atom stereocenters. The molecule has 2 aliphatic rings. The highest BCUT2D eigenvalue weighted by Crippen LogP contribution is 2.48. The molecule has 2 heterocycles. The zero-order valence-electron chi connectivity index (χ0n) is 23.5. The van der Waals surface area contributed by atoms with Gasteiger partial charge >= 0.3 is 0 Å². The molecule has 1 aromatic heterocycles. The minimum absolute atomic E-state index is 0.00841. The molecule has 1 fully saturated rings. The molecule has 11 heteroatoms. The van der Waals surface area contributed by atoms with E-state index in [9.17, 15) is 14.0 Å². The minimum atomic E-state index is -0.700. The standard InChI is InChI=1S/C30H35ClFN7O2/c1-4-5-25(20-6-8-21(9-7-20)28(40)33-17-26-35-37-38-36-26)39-29(41)27(22-10-11-23(31)24(32)16-22)34-30(39)14-12-19(13-15-30)18(2)3/h6-11,16,18-19,25H,4-5,12-15,17H2,1-3H3,(H,33,40)(H,35,36,37,38)/t19?,25-,30?/m1/s1. The van der Waals surface area contributed by atoms with Crippen LogP contribution in [-0.2, 0) is 11.3 Å². The number of carbonyl (C=O) groups is 2. The number of carbonyl (C=O) groups excluding carboxylic acids is 2. The van der Waals surface area contributed by atoms with Crippen molar-refractivity contribution in [3.8, 4) is 0 Å². The van der Waals surface area contributed by atoms with E-state index in [-0.39, 0.29) is 35.1 Å². The quantitative estimate of drug-likeness (QED) is 0.340. The number of benzene rings is 2. The zero-order valence-corrected chi connectivity index (χ0v) is 24.3. The summed E-state index contributed by atoms with van der Waals surface area (Å²) in [5, 5.41) is 16.3. The van der Waals surface area contributed by atoms with E-state index in [0.29, 0.717) is 28.8 Å². The molecule has 1 saturated carbocycles. The van der Waals surface area contributed by atoms with Crippen LogP contribution in [0.3, 0.4) is 0 Å². The lowest BCUT2D eigenvalue weighted by atomic mass is 9.76. The summed E-state index contributed by atoms with van der Waals surface area (Å²) in [6.07, 6.45) is 4.99. The van der Waals surface area contributed by atoms with Gasteiger partial charge in [0, 0.05) is 11.1 Å². The summed E-state index contributed by atoms with van der Waals surface area (Å²) in [4.78, 5) is 34.0. The van der Waals surface area contributed by atoms with E-state index >= 15 is 0 Å². The third kappa shape index (κ3) is 5.88. The van der Waals surface area contributed by atoms with Gasteiger partial charge in [0.15, 0.2) is 5.82 Å². The minimum Gasteiger partial charge on any atom is -0.345 e. The van der Waals surface area contributed by atoms with Gasteiger partial charge in [0.1, 0.15) is 17.2 Å². The van der Waals surface area contributed by atoms with Crippen LogP contribution >= 0.6 is 11.6 Å². The topological polar surface area (TPSA) is 116 Å². The second-order valence-corrected chi connectivity index (χ2v) is 11.7. The van der Waals surface area contributed by atoms with Crippen LogP contribution < -0.4 is 5.32 Å². The Balaban J connectivity index is 1.45. The van der Waals surface area contributed by atoms with Crippen molar-refractivity contribution >= 4 is 29.1 Å². The number of aliphatic imine (C=N–C) groups is 1. The van der Waals surface area contributed by atoms with Gasteiger partial charge < -0.3 is 10.2 Å². The summed E-state index contributed by atoms with van der Waals surface area (Å²) in [6.45, 7) is 6.73. The molecular weight excluding hydrogens is 545 g/mol. The van der Waals surface area contributed by atoms with Crippen molar-refractivity contribution in [3.05, 3.63) is 75.8 Å². The first kappa shape index (κ1) is 28.9. The first-order valence-corrected chi connectivity index (χ1v) is 14.6. The highest BCUT2D eigenvalue weighted by Gasteiger charge is 2.52. The van der Waals surface area contributed by atoms with Gasteiger partial charge in [-0.2, -0.15) is 5.21 Å². The molecule has 1 aliphatic carbocycles. The van der Waals surface area contributed by atoms with Crippen LogP contribution in [0.25, 0.3) is 0 Å². The fourth-order valence-electron chi connectivity index (χ4n) is 6.09. The van der Waals surface area contributed by atoms with Crippen LogP contribution in [0.4, 0.5) is 4.39 Å². The third-order valence-corrected chi connectivity index (χ3v) is 8.69. The number of nitrogens with one attached hydrogen (secondary N) is 2. The Bertz CT molecular complexity index is 1420. The van der Waals surface area contributed by atoms with Gasteiger partial charge in [0.25, 0.3) is 11.8 Å². The average molecular weight is 580 g/mol. The van der Waals surface area contributed by atoms with Gasteiger partial charge in [-0.05, 0) is 73.8 Å². The molecule has 0 radical (unpaired) electrons. The van der Waals surface area contributed by atoms with Gasteiger partial charge in [-0.3, -0.25) is 14.6 Å². The van der Waals surface area contributed by atoms with Gasteiger partial charge in [-0.1, -0.05) is 62.2 Å². The largest absolute Gasteiger partial charge is 0.345 e. The fraction of sp³-hybridized carbons (Fsp3) is 0.467. The number of hydrogen-bond donors (Lipinski definition) is 2. The lowest BCUT2D eigenvalue weighted by Gasteiger charge is -2.46. The molecule has 1 spiro atoms. The fourth-order valence-corrected chi connectivity index (χ4v) is 6.21. The van der Waals surface area contributed by atoms with Crippen molar-refractivity contribution in [1.82, 2.24) is 30.8 Å². The smallest absolute Gasteiger partial charge is 0.275 e. The summed E-state index contributed by atoms with van der Waals surface area (Å²) in [7, 11) is 0. The Morgan fingerprint density at radius 1 is 1.20 bits per heavy atom. The molecular formula is C30H35ClFN7O2. The first-order chi connectivity index (χ1) is 19.7. The number of tetrazole rings is 1. The maximum absolute atomic E-state index is 14.5. The number of aromatic amines is 1. The molecule has 0 saturated heterocycles. The normalized spacial score (nSPS) is 21.4. The summed E-state index contributed by atoms with van der Waals surface area (Å²) < 4.78 is 14.5. The Hall–Kier alpha value is -3.66. The molecule has 5 rings (SSSR count). The van der Waals surface area contributed by atoms with E-state index in [1.165, 1.54) is 12.1 Å². The van der Waals surface area contributed by atoms with Crippen molar-refractivity contribution in [3.63, 3.8) is 0 Å². The van der Waals surface area contributed by atoms with Crippen molar-refractivity contribution in [2.75, 3.05) is 0 Å². The lowest BCUT2D eigenvalue weighted by molar-refractivity contribution is -0.133. The number of amides is 2. The maximum atomic E-state index is 14.5. The maximum Gasteiger partial charge on any atom is 0.275 e. The summed E-state index contributed by atoms with van der Waals surface area (Å²) in [5.74, 6) is 0.476. The Morgan fingerprint density at radius 3 is 2.54 bits per heavy atom. The Morgan fingerprint density at radius 2 is 1.93 bits per heavy atom. The van der Waals surface area contributed by atoms with E-state index < -0.39 is 11.5 Å². The first-order valence-electron chi connectivity index (χ1n) is 14.2. The van der Waals surface area contributed by atoms with Crippen LogP contribution in [0.1, 0.15) is 92.6 Å². The molecule has 0 bridgehead atoms. The van der Waals surface area contributed by atoms with E-state index in [1.807, 2.05) is 17.0 Å². The number of hydrogen-bond acceptors (Lipinski definition) is 6. The molecule has 9 nitrogen and oxygen atoms in total. The van der Waals surface area contributed by atoms with E-state index in [4.69, 9.17) is 16.6 Å². The van der Waals surface area contributed by atoms with Gasteiger partial charge in [0.05, 0.1) is 17.6 Å². The van der Waals surface area contributed by atoms with E-state index in [1.54, 1.807) is 18.2 Å². The van der Waals surface area contributed by atoms with Crippen molar-refractivity contribution in [1.29, 1.82) is 0 Å². The zero-order chi connectivity index (χ0) is 29.1. The van der Waals surface area contributed by atoms with E-state index in [2.05, 4.69) is 46.7 Å². The lowest BCUT2D eigenvalue weighted by Crippen LogP contribution is -2.51. The SMILES string of the molecule is CCC[C@H](c1ccc(C(=O)NCc2nn[nH]n2)cc1)N1C(=O)C(c2ccc(Cl)c(F)c2)=NC12CCC(C(C)C)CC2. The number of halogens is 2. The number of H-pyrrole nitrogens is 1. The average Bonchev–Trinajstić information content (AvgIpc) is 3.59. The number of nitrogens with zero attached hydrogens (tertiary/aromatic N) is 5. The van der Waals surface area contributed by atoms with Gasteiger partial charge in [0.2, 0.25) is 0 Å². The van der Waals surface area contributed by atoms with Crippen LogP contribution in [0.2, 0.25) is 5.02 Å². The second-order valence-electron chi connectivity index (χ2n) is 11.3. The Kier molecular flexibility index (Phi) is 8.49.